The van der Waals surface area contributed by atoms with Crippen LogP contribution in [-0.2, 0) is 18.9 Å². The fourth-order valence-electron chi connectivity index (χ4n) is 3.79. The minimum absolute atomic E-state index is 0.0139. The molecule has 2 rings (SSSR count). The first kappa shape index (κ1) is 20.1. The monoisotopic (exact) mass is 344 g/mol. The Morgan fingerprint density at radius 2 is 1.83 bits per heavy atom. The standard InChI is InChI=1S/C19H36O5/c1-5-7-9-21-12-14-16(22-10-8-6-2)11-15(20)18(14)17-13-23-19(3,4)24-17/h14-18,20H,5-13H2,1-4H3/t14-,15-,16+,17?,18+/m1/s1. The molecule has 0 amide bonds. The van der Waals surface area contributed by atoms with Crippen LogP contribution in [-0.4, -0.2) is 55.6 Å². The molecule has 0 spiro atoms. The lowest BCUT2D eigenvalue weighted by Crippen LogP contribution is -2.38. The quantitative estimate of drug-likeness (QED) is 0.617. The first-order valence-corrected chi connectivity index (χ1v) is 9.67. The van der Waals surface area contributed by atoms with Crippen molar-refractivity contribution in [1.82, 2.24) is 0 Å². The predicted molar refractivity (Wildman–Crippen MR) is 92.9 cm³/mol. The number of rotatable bonds is 10. The van der Waals surface area contributed by atoms with E-state index in [4.69, 9.17) is 18.9 Å². The Balaban J connectivity index is 1.98. The van der Waals surface area contributed by atoms with Crippen LogP contribution in [0.4, 0.5) is 0 Å². The van der Waals surface area contributed by atoms with Crippen LogP contribution in [0.15, 0.2) is 0 Å². The van der Waals surface area contributed by atoms with Gasteiger partial charge < -0.3 is 24.1 Å². The lowest BCUT2D eigenvalue weighted by atomic mass is 9.89. The lowest BCUT2D eigenvalue weighted by molar-refractivity contribution is -0.153. The van der Waals surface area contributed by atoms with Crippen molar-refractivity contribution in [3.05, 3.63) is 0 Å². The maximum absolute atomic E-state index is 10.6. The van der Waals surface area contributed by atoms with Crippen molar-refractivity contribution >= 4 is 0 Å². The van der Waals surface area contributed by atoms with E-state index in [0.29, 0.717) is 19.6 Å². The molecule has 24 heavy (non-hydrogen) atoms. The molecule has 1 N–H and O–H groups in total. The summed E-state index contributed by atoms with van der Waals surface area (Å²) in [5.74, 6) is -0.393. The summed E-state index contributed by atoms with van der Waals surface area (Å²) in [4.78, 5) is 0. The van der Waals surface area contributed by atoms with E-state index < -0.39 is 11.9 Å². The summed E-state index contributed by atoms with van der Waals surface area (Å²) in [5, 5.41) is 10.6. The maximum atomic E-state index is 10.6. The molecule has 5 nitrogen and oxygen atoms in total. The third-order valence-electron chi connectivity index (χ3n) is 5.13. The van der Waals surface area contributed by atoms with E-state index in [1.165, 1.54) is 0 Å². The first-order chi connectivity index (χ1) is 11.5. The van der Waals surface area contributed by atoms with E-state index >= 15 is 0 Å². The normalized spacial score (nSPS) is 35.6. The lowest BCUT2D eigenvalue weighted by Gasteiger charge is -2.29. The van der Waals surface area contributed by atoms with E-state index in [2.05, 4.69) is 13.8 Å². The van der Waals surface area contributed by atoms with Crippen LogP contribution in [0.2, 0.25) is 0 Å². The van der Waals surface area contributed by atoms with E-state index in [-0.39, 0.29) is 24.0 Å². The second kappa shape index (κ2) is 9.48. The molecule has 5 atom stereocenters. The maximum Gasteiger partial charge on any atom is 0.163 e. The number of aliphatic hydroxyl groups is 1. The first-order valence-electron chi connectivity index (χ1n) is 9.67. The number of unbranched alkanes of at least 4 members (excludes halogenated alkanes) is 2. The van der Waals surface area contributed by atoms with E-state index in [1.807, 2.05) is 13.8 Å². The number of hydrogen-bond donors (Lipinski definition) is 1. The fourth-order valence-corrected chi connectivity index (χ4v) is 3.79. The van der Waals surface area contributed by atoms with Gasteiger partial charge in [0.15, 0.2) is 5.79 Å². The Hall–Kier alpha value is -0.200. The molecule has 2 fully saturated rings. The highest BCUT2D eigenvalue weighted by Gasteiger charge is 2.50. The molecule has 142 valence electrons. The van der Waals surface area contributed by atoms with Gasteiger partial charge in [-0.3, -0.25) is 0 Å². The number of ether oxygens (including phenoxy) is 4. The van der Waals surface area contributed by atoms with Gasteiger partial charge in [-0.1, -0.05) is 26.7 Å². The van der Waals surface area contributed by atoms with Crippen LogP contribution in [0.3, 0.4) is 0 Å². The predicted octanol–water partition coefficient (Wildman–Crippen LogP) is 3.14. The molecule has 1 saturated heterocycles. The van der Waals surface area contributed by atoms with Crippen molar-refractivity contribution in [3.63, 3.8) is 0 Å². The van der Waals surface area contributed by atoms with Gasteiger partial charge in [0.05, 0.1) is 31.5 Å². The summed E-state index contributed by atoms with van der Waals surface area (Å²) in [6, 6.07) is 0. The minimum atomic E-state index is -0.570. The van der Waals surface area contributed by atoms with Crippen molar-refractivity contribution in [2.75, 3.05) is 26.4 Å². The Kier molecular flexibility index (Phi) is 7.95. The highest BCUT2D eigenvalue weighted by molar-refractivity contribution is 4.97. The van der Waals surface area contributed by atoms with Gasteiger partial charge >= 0.3 is 0 Å². The summed E-state index contributed by atoms with van der Waals surface area (Å²) in [6.07, 6.45) is 4.56. The third-order valence-corrected chi connectivity index (χ3v) is 5.13. The fraction of sp³-hybridized carbons (Fsp3) is 1.00. The molecular formula is C19H36O5. The van der Waals surface area contributed by atoms with E-state index in [1.54, 1.807) is 0 Å². The zero-order chi connectivity index (χ0) is 17.6. The summed E-state index contributed by atoms with van der Waals surface area (Å²) in [7, 11) is 0. The Morgan fingerprint density at radius 1 is 1.12 bits per heavy atom. The number of hydrogen-bond acceptors (Lipinski definition) is 5. The molecular weight excluding hydrogens is 308 g/mol. The average molecular weight is 344 g/mol. The molecule has 1 aliphatic heterocycles. The molecule has 1 aliphatic carbocycles. The van der Waals surface area contributed by atoms with Crippen LogP contribution >= 0.6 is 0 Å². The average Bonchev–Trinajstić information content (AvgIpc) is 3.03. The second-order valence-corrected chi connectivity index (χ2v) is 7.60. The molecule has 0 radical (unpaired) electrons. The van der Waals surface area contributed by atoms with Gasteiger partial charge in [-0.15, -0.1) is 0 Å². The van der Waals surface area contributed by atoms with Crippen molar-refractivity contribution in [1.29, 1.82) is 0 Å². The van der Waals surface area contributed by atoms with Crippen molar-refractivity contribution in [3.8, 4) is 0 Å². The Bertz CT molecular complexity index is 360. The molecule has 1 unspecified atom stereocenters. The zero-order valence-corrected chi connectivity index (χ0v) is 15.8. The molecule has 0 aromatic carbocycles. The highest BCUT2D eigenvalue weighted by Crippen LogP contribution is 2.41. The SMILES string of the molecule is CCCCOC[C@H]1[C@H](C2COC(C)(C)O2)[C@H](O)C[C@@H]1OCCCC. The molecule has 0 aromatic rings. The van der Waals surface area contributed by atoms with Gasteiger partial charge in [0, 0.05) is 31.5 Å². The van der Waals surface area contributed by atoms with Gasteiger partial charge in [0.2, 0.25) is 0 Å². The molecule has 1 heterocycles. The van der Waals surface area contributed by atoms with Gasteiger partial charge in [-0.05, 0) is 26.7 Å². The smallest absolute Gasteiger partial charge is 0.163 e. The van der Waals surface area contributed by atoms with Crippen molar-refractivity contribution in [2.24, 2.45) is 11.8 Å². The molecule has 0 bridgehead atoms. The topological polar surface area (TPSA) is 57.2 Å². The summed E-state index contributed by atoms with van der Waals surface area (Å²) in [6.45, 7) is 10.8. The Labute approximate surface area is 147 Å². The largest absolute Gasteiger partial charge is 0.393 e. The zero-order valence-electron chi connectivity index (χ0n) is 15.8. The molecule has 2 aliphatic rings. The Morgan fingerprint density at radius 3 is 2.46 bits per heavy atom. The molecule has 0 aromatic heterocycles. The highest BCUT2D eigenvalue weighted by atomic mass is 16.7. The summed E-state index contributed by atoms with van der Waals surface area (Å²) >= 11 is 0. The molecule has 1 saturated carbocycles. The third kappa shape index (κ3) is 5.40. The van der Waals surface area contributed by atoms with Crippen molar-refractivity contribution < 1.29 is 24.1 Å². The minimum Gasteiger partial charge on any atom is -0.393 e. The van der Waals surface area contributed by atoms with Crippen LogP contribution in [0.25, 0.3) is 0 Å². The van der Waals surface area contributed by atoms with Crippen molar-refractivity contribution in [2.45, 2.75) is 83.9 Å². The van der Waals surface area contributed by atoms with Crippen LogP contribution in [0, 0.1) is 11.8 Å². The van der Waals surface area contributed by atoms with Crippen LogP contribution in [0.5, 0.6) is 0 Å². The summed E-state index contributed by atoms with van der Waals surface area (Å²) < 4.78 is 23.8. The van der Waals surface area contributed by atoms with E-state index in [9.17, 15) is 5.11 Å². The van der Waals surface area contributed by atoms with Crippen LogP contribution in [0.1, 0.15) is 59.8 Å². The van der Waals surface area contributed by atoms with Gasteiger partial charge in [0.25, 0.3) is 0 Å². The van der Waals surface area contributed by atoms with Gasteiger partial charge in [0.1, 0.15) is 0 Å². The summed E-state index contributed by atoms with van der Waals surface area (Å²) in [5.41, 5.74) is 0. The van der Waals surface area contributed by atoms with E-state index in [0.717, 1.165) is 38.9 Å². The number of aliphatic hydroxyl groups excluding tert-OH is 1. The van der Waals surface area contributed by atoms with Gasteiger partial charge in [-0.2, -0.15) is 0 Å². The second-order valence-electron chi connectivity index (χ2n) is 7.60. The van der Waals surface area contributed by atoms with Crippen LogP contribution < -0.4 is 0 Å². The van der Waals surface area contributed by atoms with Gasteiger partial charge in [-0.25, -0.2) is 0 Å². The molecule has 5 heteroatoms.